The van der Waals surface area contributed by atoms with Crippen molar-refractivity contribution < 1.29 is 23.9 Å². The van der Waals surface area contributed by atoms with Crippen molar-refractivity contribution in [3.63, 3.8) is 0 Å². The number of para-hydroxylation sites is 1. The van der Waals surface area contributed by atoms with Crippen molar-refractivity contribution in [3.05, 3.63) is 40.9 Å². The third kappa shape index (κ3) is 3.96. The van der Waals surface area contributed by atoms with E-state index in [0.29, 0.717) is 31.9 Å². The van der Waals surface area contributed by atoms with Crippen LogP contribution in [-0.2, 0) is 25.7 Å². The zero-order valence-corrected chi connectivity index (χ0v) is 16.9. The van der Waals surface area contributed by atoms with E-state index in [9.17, 15) is 19.2 Å². The number of imide groups is 1. The molecule has 1 aromatic heterocycles. The first-order valence-electron chi connectivity index (χ1n) is 9.41. The Morgan fingerprint density at radius 2 is 1.87 bits per heavy atom. The predicted molar refractivity (Wildman–Crippen MR) is 111 cm³/mol. The fourth-order valence-electron chi connectivity index (χ4n) is 3.51. The van der Waals surface area contributed by atoms with E-state index in [1.54, 1.807) is 21.7 Å². The second-order valence-corrected chi connectivity index (χ2v) is 7.95. The Morgan fingerprint density at radius 3 is 2.60 bits per heavy atom. The number of rotatable bonds is 5. The summed E-state index contributed by atoms with van der Waals surface area (Å²) >= 11 is 0.799. The van der Waals surface area contributed by atoms with Gasteiger partial charge in [0.1, 0.15) is 13.1 Å². The van der Waals surface area contributed by atoms with Crippen molar-refractivity contribution >= 4 is 51.7 Å². The van der Waals surface area contributed by atoms with Gasteiger partial charge in [-0.15, -0.1) is 0 Å². The van der Waals surface area contributed by atoms with Crippen LogP contribution in [0, 0.1) is 0 Å². The summed E-state index contributed by atoms with van der Waals surface area (Å²) in [5.74, 6) is -1.26. The zero-order chi connectivity index (χ0) is 21.3. The van der Waals surface area contributed by atoms with Crippen LogP contribution in [0.1, 0.15) is 5.56 Å². The smallest absolute Gasteiger partial charge is 0.294 e. The highest BCUT2D eigenvalue weighted by atomic mass is 32.2. The molecular formula is C20H20N4O5S. The molecule has 2 aliphatic heterocycles. The Morgan fingerprint density at radius 1 is 1.13 bits per heavy atom. The number of benzene rings is 1. The van der Waals surface area contributed by atoms with E-state index in [1.807, 2.05) is 24.3 Å². The van der Waals surface area contributed by atoms with E-state index < -0.39 is 17.1 Å². The summed E-state index contributed by atoms with van der Waals surface area (Å²) in [4.78, 5) is 51.8. The lowest BCUT2D eigenvalue weighted by molar-refractivity contribution is -0.139. The Labute approximate surface area is 176 Å². The Kier molecular flexibility index (Phi) is 5.60. The molecule has 156 valence electrons. The zero-order valence-electron chi connectivity index (χ0n) is 16.1. The van der Waals surface area contributed by atoms with Crippen LogP contribution in [0.5, 0.6) is 0 Å². The van der Waals surface area contributed by atoms with E-state index in [1.165, 1.54) is 0 Å². The van der Waals surface area contributed by atoms with Gasteiger partial charge in [-0.2, -0.15) is 0 Å². The van der Waals surface area contributed by atoms with Crippen molar-refractivity contribution in [1.29, 1.82) is 0 Å². The second kappa shape index (κ2) is 8.33. The number of nitrogens with zero attached hydrogens (tertiary/aromatic N) is 3. The molecule has 0 spiro atoms. The number of ether oxygens (including phenoxy) is 1. The number of carbonyl (C=O) groups excluding carboxylic acids is 4. The Balaban J connectivity index is 1.58. The van der Waals surface area contributed by atoms with Gasteiger partial charge >= 0.3 is 0 Å². The molecule has 4 rings (SSSR count). The number of primary amides is 1. The maximum Gasteiger partial charge on any atom is 0.294 e. The molecular weight excluding hydrogens is 408 g/mol. The molecule has 2 aromatic rings. The van der Waals surface area contributed by atoms with Gasteiger partial charge in [-0.25, -0.2) is 0 Å². The van der Waals surface area contributed by atoms with Crippen molar-refractivity contribution in [2.75, 3.05) is 32.8 Å². The molecule has 10 heteroatoms. The minimum absolute atomic E-state index is 0.00385. The summed E-state index contributed by atoms with van der Waals surface area (Å²) < 4.78 is 6.93. The first-order valence-corrected chi connectivity index (χ1v) is 10.2. The average Bonchev–Trinajstić information content (AvgIpc) is 3.20. The minimum Gasteiger partial charge on any atom is -0.378 e. The van der Waals surface area contributed by atoms with Gasteiger partial charge in [0, 0.05) is 35.8 Å². The van der Waals surface area contributed by atoms with Gasteiger partial charge in [0.05, 0.1) is 18.1 Å². The Bertz CT molecular complexity index is 1070. The fourth-order valence-corrected chi connectivity index (χ4v) is 4.34. The van der Waals surface area contributed by atoms with Crippen LogP contribution in [0.2, 0.25) is 0 Å². The van der Waals surface area contributed by atoms with E-state index in [2.05, 4.69) is 0 Å². The third-order valence-electron chi connectivity index (χ3n) is 4.96. The van der Waals surface area contributed by atoms with Crippen LogP contribution in [0.25, 0.3) is 17.0 Å². The summed E-state index contributed by atoms with van der Waals surface area (Å²) in [5, 5.41) is 0.351. The predicted octanol–water partition coefficient (Wildman–Crippen LogP) is 1.02. The normalized spacial score (nSPS) is 18.6. The highest BCUT2D eigenvalue weighted by Gasteiger charge is 2.37. The molecule has 30 heavy (non-hydrogen) atoms. The molecule has 0 bridgehead atoms. The molecule has 9 nitrogen and oxygen atoms in total. The number of nitrogens with two attached hydrogens (primary N) is 1. The van der Waals surface area contributed by atoms with Crippen molar-refractivity contribution in [3.8, 4) is 0 Å². The standard InChI is InChI=1S/C20H20N4O5S/c21-17(25)11-23-10-13(14-3-1-2-4-15(14)23)9-16-19(27)24(20(28)30-16)12-18(26)22-5-7-29-8-6-22/h1-4,9-10H,5-8,11-12H2,(H2,21,25)/b16-9+. The van der Waals surface area contributed by atoms with E-state index in [0.717, 1.165) is 27.6 Å². The molecule has 3 heterocycles. The quantitative estimate of drug-likeness (QED) is 0.711. The van der Waals surface area contributed by atoms with Crippen molar-refractivity contribution in [2.24, 2.45) is 5.73 Å². The molecule has 1 aromatic carbocycles. The number of carbonyl (C=O) groups is 4. The van der Waals surface area contributed by atoms with Gasteiger partial charge in [-0.1, -0.05) is 18.2 Å². The topological polar surface area (TPSA) is 115 Å². The van der Waals surface area contributed by atoms with Crippen molar-refractivity contribution in [2.45, 2.75) is 6.54 Å². The van der Waals surface area contributed by atoms with Crippen LogP contribution in [0.3, 0.4) is 0 Å². The SMILES string of the molecule is NC(=O)Cn1cc(/C=C2/SC(=O)N(CC(=O)N3CCOCC3)C2=O)c2ccccc21. The van der Waals surface area contributed by atoms with Gasteiger partial charge in [-0.05, 0) is 23.9 Å². The maximum absolute atomic E-state index is 12.8. The molecule has 2 saturated heterocycles. The van der Waals surface area contributed by atoms with Gasteiger partial charge < -0.3 is 19.9 Å². The maximum atomic E-state index is 12.8. The lowest BCUT2D eigenvalue weighted by atomic mass is 10.1. The highest BCUT2D eigenvalue weighted by molar-refractivity contribution is 8.18. The summed E-state index contributed by atoms with van der Waals surface area (Å²) in [6.45, 7) is 1.51. The largest absolute Gasteiger partial charge is 0.378 e. The van der Waals surface area contributed by atoms with Crippen LogP contribution in [0.4, 0.5) is 4.79 Å². The van der Waals surface area contributed by atoms with Gasteiger partial charge in [-0.3, -0.25) is 24.1 Å². The molecule has 0 unspecified atom stereocenters. The number of fused-ring (bicyclic) bond motifs is 1. The monoisotopic (exact) mass is 428 g/mol. The van der Waals surface area contributed by atoms with Crippen molar-refractivity contribution in [1.82, 2.24) is 14.4 Å². The lowest BCUT2D eigenvalue weighted by Crippen LogP contribution is -2.46. The lowest BCUT2D eigenvalue weighted by Gasteiger charge is -2.28. The first kappa shape index (κ1) is 20.2. The number of hydrogen-bond donors (Lipinski definition) is 1. The summed E-state index contributed by atoms with van der Waals surface area (Å²) in [6.07, 6.45) is 3.34. The average molecular weight is 428 g/mol. The number of thioether (sulfide) groups is 1. The number of morpholine rings is 1. The molecule has 0 radical (unpaired) electrons. The number of amides is 4. The summed E-state index contributed by atoms with van der Waals surface area (Å²) in [7, 11) is 0. The third-order valence-corrected chi connectivity index (χ3v) is 5.87. The van der Waals surface area contributed by atoms with E-state index in [-0.39, 0.29) is 23.9 Å². The molecule has 2 fully saturated rings. The van der Waals surface area contributed by atoms with Crippen LogP contribution >= 0.6 is 11.8 Å². The van der Waals surface area contributed by atoms with Gasteiger partial charge in [0.2, 0.25) is 11.8 Å². The first-order chi connectivity index (χ1) is 14.4. The molecule has 0 aliphatic carbocycles. The molecule has 4 amide bonds. The molecule has 0 atom stereocenters. The highest BCUT2D eigenvalue weighted by Crippen LogP contribution is 2.34. The number of aromatic nitrogens is 1. The molecule has 0 saturated carbocycles. The Hall–Kier alpha value is -3.11. The molecule has 2 aliphatic rings. The van der Waals surface area contributed by atoms with Crippen LogP contribution in [-0.4, -0.2) is 70.2 Å². The van der Waals surface area contributed by atoms with Crippen LogP contribution < -0.4 is 5.73 Å². The van der Waals surface area contributed by atoms with Gasteiger partial charge in [0.25, 0.3) is 11.1 Å². The minimum atomic E-state index is -0.502. The van der Waals surface area contributed by atoms with E-state index in [4.69, 9.17) is 10.5 Å². The van der Waals surface area contributed by atoms with Gasteiger partial charge in [0.15, 0.2) is 0 Å². The number of hydrogen-bond acceptors (Lipinski definition) is 6. The van der Waals surface area contributed by atoms with E-state index >= 15 is 0 Å². The summed E-state index contributed by atoms with van der Waals surface area (Å²) in [5.41, 5.74) is 6.81. The fraction of sp³-hybridized carbons (Fsp3) is 0.300. The molecule has 2 N–H and O–H groups in total. The van der Waals surface area contributed by atoms with Crippen LogP contribution in [0.15, 0.2) is 35.4 Å². The second-order valence-electron chi connectivity index (χ2n) is 6.96. The summed E-state index contributed by atoms with van der Waals surface area (Å²) in [6, 6.07) is 7.41.